The van der Waals surface area contributed by atoms with Gasteiger partial charge in [-0.1, -0.05) is 25.1 Å². The van der Waals surface area contributed by atoms with Gasteiger partial charge in [0, 0.05) is 6.04 Å². The van der Waals surface area contributed by atoms with Gasteiger partial charge in [-0.3, -0.25) is 0 Å². The van der Waals surface area contributed by atoms with Crippen LogP contribution >= 0.6 is 0 Å². The molecule has 1 fully saturated rings. The van der Waals surface area contributed by atoms with E-state index in [-0.39, 0.29) is 0 Å². The van der Waals surface area contributed by atoms with E-state index in [1.807, 2.05) is 0 Å². The van der Waals surface area contributed by atoms with Gasteiger partial charge in [0.15, 0.2) is 0 Å². The normalized spacial score (nSPS) is 23.5. The van der Waals surface area contributed by atoms with Gasteiger partial charge in [-0.05, 0) is 62.8 Å². The Hall–Kier alpha value is -0.860. The molecule has 0 unspecified atom stereocenters. The minimum atomic E-state index is 0.455. The van der Waals surface area contributed by atoms with Gasteiger partial charge < -0.3 is 10.1 Å². The predicted molar refractivity (Wildman–Crippen MR) is 80.4 cm³/mol. The second kappa shape index (κ2) is 7.06. The maximum Gasteiger partial charge on any atom is 0.0720 e. The number of rotatable bonds is 5. The van der Waals surface area contributed by atoms with E-state index in [1.54, 1.807) is 0 Å². The summed E-state index contributed by atoms with van der Waals surface area (Å²) in [6.07, 6.45) is 5.36. The molecule has 19 heavy (non-hydrogen) atoms. The zero-order valence-corrected chi connectivity index (χ0v) is 12.5. The molecule has 0 amide bonds. The van der Waals surface area contributed by atoms with Gasteiger partial charge in [0.1, 0.15) is 0 Å². The maximum absolute atomic E-state index is 6.06. The van der Waals surface area contributed by atoms with Gasteiger partial charge in [0.25, 0.3) is 0 Å². The second-order valence-electron chi connectivity index (χ2n) is 5.76. The van der Waals surface area contributed by atoms with Gasteiger partial charge in [-0.2, -0.15) is 0 Å². The summed E-state index contributed by atoms with van der Waals surface area (Å²) in [5.41, 5.74) is 4.02. The number of aryl methyl sites for hydroxylation is 2. The zero-order chi connectivity index (χ0) is 13.7. The van der Waals surface area contributed by atoms with E-state index in [4.69, 9.17) is 4.74 Å². The fourth-order valence-corrected chi connectivity index (χ4v) is 2.83. The largest absolute Gasteiger partial charge is 0.374 e. The Morgan fingerprint density at radius 3 is 2.47 bits per heavy atom. The van der Waals surface area contributed by atoms with Crippen LogP contribution in [-0.2, 0) is 11.3 Å². The van der Waals surface area contributed by atoms with Crippen LogP contribution < -0.4 is 5.32 Å². The van der Waals surface area contributed by atoms with Gasteiger partial charge >= 0.3 is 0 Å². The van der Waals surface area contributed by atoms with Crippen LogP contribution in [0.4, 0.5) is 0 Å². The highest BCUT2D eigenvalue weighted by Gasteiger charge is 2.20. The highest BCUT2D eigenvalue weighted by atomic mass is 16.5. The van der Waals surface area contributed by atoms with Crippen LogP contribution in [0.25, 0.3) is 0 Å². The number of ether oxygens (including phenoxy) is 1. The van der Waals surface area contributed by atoms with Crippen LogP contribution in [0, 0.1) is 13.8 Å². The third-order valence-electron chi connectivity index (χ3n) is 4.22. The Labute approximate surface area is 117 Å². The first-order valence-electron chi connectivity index (χ1n) is 7.60. The van der Waals surface area contributed by atoms with Crippen molar-refractivity contribution in [1.29, 1.82) is 0 Å². The minimum absolute atomic E-state index is 0.455. The van der Waals surface area contributed by atoms with Crippen LogP contribution in [-0.4, -0.2) is 18.7 Å². The van der Waals surface area contributed by atoms with Crippen molar-refractivity contribution in [1.82, 2.24) is 5.32 Å². The van der Waals surface area contributed by atoms with E-state index in [2.05, 4.69) is 44.3 Å². The van der Waals surface area contributed by atoms with E-state index in [9.17, 15) is 0 Å². The average molecular weight is 261 g/mol. The Kier molecular flexibility index (Phi) is 5.41. The monoisotopic (exact) mass is 261 g/mol. The number of nitrogens with one attached hydrogen (secondary N) is 1. The number of hydrogen-bond donors (Lipinski definition) is 1. The maximum atomic E-state index is 6.06. The molecule has 0 aliphatic heterocycles. The molecule has 0 radical (unpaired) electrons. The molecule has 0 saturated heterocycles. The van der Waals surface area contributed by atoms with Crippen molar-refractivity contribution in [2.24, 2.45) is 0 Å². The lowest BCUT2D eigenvalue weighted by atomic mass is 9.93. The van der Waals surface area contributed by atoms with E-state index >= 15 is 0 Å². The summed E-state index contributed by atoms with van der Waals surface area (Å²) in [6, 6.07) is 7.34. The fourth-order valence-electron chi connectivity index (χ4n) is 2.83. The van der Waals surface area contributed by atoms with Crippen molar-refractivity contribution in [3.63, 3.8) is 0 Å². The van der Waals surface area contributed by atoms with Gasteiger partial charge in [-0.15, -0.1) is 0 Å². The quantitative estimate of drug-likeness (QED) is 0.872. The summed E-state index contributed by atoms with van der Waals surface area (Å²) in [6.45, 7) is 8.35. The molecule has 2 heteroatoms. The van der Waals surface area contributed by atoms with Gasteiger partial charge in [0.05, 0.1) is 12.7 Å². The van der Waals surface area contributed by atoms with Crippen molar-refractivity contribution in [2.75, 3.05) is 6.54 Å². The molecule has 0 aromatic heterocycles. The molecule has 0 bridgehead atoms. The third kappa shape index (κ3) is 4.32. The number of hydrogen-bond acceptors (Lipinski definition) is 2. The topological polar surface area (TPSA) is 21.3 Å². The van der Waals surface area contributed by atoms with Crippen LogP contribution in [0.5, 0.6) is 0 Å². The van der Waals surface area contributed by atoms with E-state index in [0.29, 0.717) is 12.1 Å². The highest BCUT2D eigenvalue weighted by Crippen LogP contribution is 2.22. The van der Waals surface area contributed by atoms with Crippen molar-refractivity contribution in [3.8, 4) is 0 Å². The Morgan fingerprint density at radius 1 is 1.11 bits per heavy atom. The summed E-state index contributed by atoms with van der Waals surface area (Å²) in [4.78, 5) is 0. The predicted octanol–water partition coefficient (Wildman–Crippen LogP) is 3.74. The molecule has 1 aromatic carbocycles. The molecule has 106 valence electrons. The summed E-state index contributed by atoms with van der Waals surface area (Å²) >= 11 is 0. The molecular weight excluding hydrogens is 234 g/mol. The summed E-state index contributed by atoms with van der Waals surface area (Å²) in [5.74, 6) is 0. The van der Waals surface area contributed by atoms with E-state index in [1.165, 1.54) is 42.4 Å². The average Bonchev–Trinajstić information content (AvgIpc) is 2.42. The lowest BCUT2D eigenvalue weighted by Gasteiger charge is -2.29. The summed E-state index contributed by atoms with van der Waals surface area (Å²) in [7, 11) is 0. The lowest BCUT2D eigenvalue weighted by molar-refractivity contribution is 0.0114. The first kappa shape index (κ1) is 14.5. The molecule has 1 aliphatic rings. The van der Waals surface area contributed by atoms with Crippen molar-refractivity contribution in [2.45, 2.75) is 65.2 Å². The molecule has 2 nitrogen and oxygen atoms in total. The smallest absolute Gasteiger partial charge is 0.0720 e. The number of benzene rings is 1. The SMILES string of the molecule is CCNC1CCC(OCc2ccc(C)c(C)c2)CC1. The molecule has 1 aliphatic carbocycles. The second-order valence-corrected chi connectivity index (χ2v) is 5.76. The van der Waals surface area contributed by atoms with Crippen LogP contribution in [0.3, 0.4) is 0 Å². The lowest BCUT2D eigenvalue weighted by Crippen LogP contribution is -2.35. The summed E-state index contributed by atoms with van der Waals surface area (Å²) in [5, 5.41) is 3.54. The Bertz CT molecular complexity index is 394. The minimum Gasteiger partial charge on any atom is -0.374 e. The highest BCUT2D eigenvalue weighted by molar-refractivity contribution is 5.29. The third-order valence-corrected chi connectivity index (χ3v) is 4.22. The van der Waals surface area contributed by atoms with Crippen LogP contribution in [0.1, 0.15) is 49.3 Å². The van der Waals surface area contributed by atoms with E-state index < -0.39 is 0 Å². The van der Waals surface area contributed by atoms with Gasteiger partial charge in [-0.25, -0.2) is 0 Å². The summed E-state index contributed by atoms with van der Waals surface area (Å²) < 4.78 is 6.06. The molecule has 0 spiro atoms. The first-order valence-corrected chi connectivity index (χ1v) is 7.60. The van der Waals surface area contributed by atoms with Crippen LogP contribution in [0.2, 0.25) is 0 Å². The molecule has 0 heterocycles. The van der Waals surface area contributed by atoms with Crippen molar-refractivity contribution in [3.05, 3.63) is 34.9 Å². The first-order chi connectivity index (χ1) is 9.19. The molecule has 1 saturated carbocycles. The van der Waals surface area contributed by atoms with Gasteiger partial charge in [0.2, 0.25) is 0 Å². The standard InChI is InChI=1S/C17H27NO/c1-4-18-16-7-9-17(10-8-16)19-12-15-6-5-13(2)14(3)11-15/h5-6,11,16-18H,4,7-10,12H2,1-3H3. The molecule has 0 atom stereocenters. The van der Waals surface area contributed by atoms with Crippen molar-refractivity contribution < 1.29 is 4.74 Å². The molecule has 2 rings (SSSR count). The fraction of sp³-hybridized carbons (Fsp3) is 0.647. The van der Waals surface area contributed by atoms with Crippen molar-refractivity contribution >= 4 is 0 Å². The zero-order valence-electron chi connectivity index (χ0n) is 12.5. The molecule has 1 N–H and O–H groups in total. The molecule has 1 aromatic rings. The molecular formula is C17H27NO. The van der Waals surface area contributed by atoms with Crippen LogP contribution in [0.15, 0.2) is 18.2 Å². The Morgan fingerprint density at radius 2 is 1.84 bits per heavy atom. The van der Waals surface area contributed by atoms with E-state index in [0.717, 1.165) is 13.2 Å². The Balaban J connectivity index is 1.75.